The first-order valence-corrected chi connectivity index (χ1v) is 9.20. The number of sulfonamides is 1. The minimum absolute atomic E-state index is 0.0808. The van der Waals surface area contributed by atoms with Crippen LogP contribution in [0, 0.1) is 12.3 Å². The second-order valence-electron chi connectivity index (χ2n) is 5.14. The van der Waals surface area contributed by atoms with Gasteiger partial charge < -0.3 is 0 Å². The Labute approximate surface area is 135 Å². The molecule has 1 rings (SSSR count). The Morgan fingerprint density at radius 3 is 2.50 bits per heavy atom. The van der Waals surface area contributed by atoms with Crippen molar-refractivity contribution >= 4 is 10.0 Å². The van der Waals surface area contributed by atoms with Gasteiger partial charge in [-0.3, -0.25) is 0 Å². The number of terminal acetylenes is 1. The molecule has 0 saturated heterocycles. The van der Waals surface area contributed by atoms with Crippen molar-refractivity contribution in [2.24, 2.45) is 0 Å². The van der Waals surface area contributed by atoms with Gasteiger partial charge in [-0.25, -0.2) is 8.42 Å². The molecule has 0 aromatic heterocycles. The van der Waals surface area contributed by atoms with Gasteiger partial charge in [-0.15, -0.1) is 6.42 Å². The van der Waals surface area contributed by atoms with Crippen LogP contribution in [0.15, 0.2) is 47.4 Å². The minimum atomic E-state index is -3.52. The van der Waals surface area contributed by atoms with Gasteiger partial charge >= 0.3 is 0 Å². The number of nitrogens with zero attached hydrogens (tertiary/aromatic N) is 1. The van der Waals surface area contributed by atoms with Gasteiger partial charge in [0.2, 0.25) is 10.0 Å². The molecule has 22 heavy (non-hydrogen) atoms. The number of hydrogen-bond acceptors (Lipinski definition) is 2. The molecule has 0 radical (unpaired) electrons. The topological polar surface area (TPSA) is 37.4 Å². The molecule has 0 spiro atoms. The van der Waals surface area contributed by atoms with Gasteiger partial charge in [0, 0.05) is 6.54 Å². The van der Waals surface area contributed by atoms with E-state index in [1.54, 1.807) is 30.3 Å². The van der Waals surface area contributed by atoms with Crippen LogP contribution >= 0.6 is 0 Å². The van der Waals surface area contributed by atoms with Crippen molar-refractivity contribution in [1.82, 2.24) is 4.31 Å². The van der Waals surface area contributed by atoms with E-state index in [2.05, 4.69) is 12.8 Å². The number of rotatable bonds is 10. The molecule has 1 aromatic carbocycles. The van der Waals surface area contributed by atoms with E-state index in [0.717, 1.165) is 12.8 Å². The first-order chi connectivity index (χ1) is 10.6. The Morgan fingerprint density at radius 2 is 1.86 bits per heavy atom. The van der Waals surface area contributed by atoms with Gasteiger partial charge in [-0.05, 0) is 25.0 Å². The molecule has 0 aliphatic carbocycles. The molecule has 0 fully saturated rings. The fourth-order valence-electron chi connectivity index (χ4n) is 2.09. The molecule has 0 atom stereocenters. The zero-order valence-electron chi connectivity index (χ0n) is 13.2. The third-order valence-electron chi connectivity index (χ3n) is 3.35. The maximum absolute atomic E-state index is 12.5. The highest BCUT2D eigenvalue weighted by molar-refractivity contribution is 7.89. The predicted octanol–water partition coefficient (Wildman–Crippen LogP) is 3.84. The van der Waals surface area contributed by atoms with Crippen molar-refractivity contribution < 1.29 is 8.42 Å². The van der Waals surface area contributed by atoms with Crippen molar-refractivity contribution in [3.8, 4) is 12.3 Å². The highest BCUT2D eigenvalue weighted by Crippen LogP contribution is 2.14. The van der Waals surface area contributed by atoms with E-state index in [1.807, 2.05) is 12.2 Å². The Hall–Kier alpha value is -1.57. The van der Waals surface area contributed by atoms with Crippen LogP contribution in [0.2, 0.25) is 0 Å². The van der Waals surface area contributed by atoms with Gasteiger partial charge in [0.15, 0.2) is 0 Å². The van der Waals surface area contributed by atoms with E-state index in [0.29, 0.717) is 6.54 Å². The lowest BCUT2D eigenvalue weighted by Crippen LogP contribution is -2.31. The van der Waals surface area contributed by atoms with Crippen LogP contribution in [0.3, 0.4) is 0 Å². The first-order valence-electron chi connectivity index (χ1n) is 7.76. The Bertz CT molecular complexity index is 585. The minimum Gasteiger partial charge on any atom is -0.207 e. The van der Waals surface area contributed by atoms with E-state index in [9.17, 15) is 8.42 Å². The van der Waals surface area contributed by atoms with Crippen LogP contribution in [0.25, 0.3) is 0 Å². The number of hydrogen-bond donors (Lipinski definition) is 0. The summed E-state index contributed by atoms with van der Waals surface area (Å²) in [5, 5.41) is 0. The van der Waals surface area contributed by atoms with Crippen molar-refractivity contribution in [1.29, 1.82) is 0 Å². The van der Waals surface area contributed by atoms with Crippen molar-refractivity contribution in [3.63, 3.8) is 0 Å². The van der Waals surface area contributed by atoms with Gasteiger partial charge in [-0.1, -0.05) is 62.5 Å². The molecular formula is C18H25NO2S. The normalized spacial score (nSPS) is 11.9. The van der Waals surface area contributed by atoms with E-state index in [-0.39, 0.29) is 11.4 Å². The predicted molar refractivity (Wildman–Crippen MR) is 91.9 cm³/mol. The standard InChI is InChI=1S/C18H25NO2S/c1-3-5-6-7-8-9-13-17-19(16-4-2)22(20,21)18-14-11-10-12-15-18/h2,9-15H,3,5-8,16-17H2,1H3/b13-9+. The van der Waals surface area contributed by atoms with Crippen LogP contribution in [-0.4, -0.2) is 25.8 Å². The summed E-state index contributed by atoms with van der Waals surface area (Å²) in [7, 11) is -3.52. The maximum Gasteiger partial charge on any atom is 0.244 e. The average molecular weight is 319 g/mol. The Morgan fingerprint density at radius 1 is 1.14 bits per heavy atom. The summed E-state index contributed by atoms with van der Waals surface area (Å²) in [6.45, 7) is 2.58. The molecule has 0 bridgehead atoms. The lowest BCUT2D eigenvalue weighted by molar-refractivity contribution is 0.477. The second-order valence-corrected chi connectivity index (χ2v) is 7.07. The number of benzene rings is 1. The van der Waals surface area contributed by atoms with Crippen molar-refractivity contribution in [2.45, 2.75) is 43.9 Å². The van der Waals surface area contributed by atoms with E-state index in [1.165, 1.54) is 23.6 Å². The molecule has 120 valence electrons. The summed E-state index contributed by atoms with van der Waals surface area (Å²) in [5.74, 6) is 2.43. The van der Waals surface area contributed by atoms with Gasteiger partial charge in [-0.2, -0.15) is 4.31 Å². The van der Waals surface area contributed by atoms with Crippen LogP contribution in [0.1, 0.15) is 39.0 Å². The maximum atomic E-state index is 12.5. The summed E-state index contributed by atoms with van der Waals surface area (Å²) in [6, 6.07) is 8.40. The fourth-order valence-corrected chi connectivity index (χ4v) is 3.42. The highest BCUT2D eigenvalue weighted by Gasteiger charge is 2.22. The van der Waals surface area contributed by atoms with Gasteiger partial charge in [0.1, 0.15) is 0 Å². The smallest absolute Gasteiger partial charge is 0.207 e. The highest BCUT2D eigenvalue weighted by atomic mass is 32.2. The summed E-state index contributed by atoms with van der Waals surface area (Å²) in [6.07, 6.45) is 15.1. The Kier molecular flexibility index (Phi) is 8.57. The molecule has 0 heterocycles. The van der Waals surface area contributed by atoms with Crippen LogP contribution in [0.4, 0.5) is 0 Å². The van der Waals surface area contributed by atoms with Crippen LogP contribution in [0.5, 0.6) is 0 Å². The molecule has 1 aromatic rings. The third kappa shape index (κ3) is 6.05. The van der Waals surface area contributed by atoms with E-state index >= 15 is 0 Å². The second kappa shape index (κ2) is 10.2. The summed E-state index contributed by atoms with van der Waals surface area (Å²) >= 11 is 0. The summed E-state index contributed by atoms with van der Waals surface area (Å²) in [5.41, 5.74) is 0. The molecule has 3 nitrogen and oxygen atoms in total. The fraction of sp³-hybridized carbons (Fsp3) is 0.444. The SMILES string of the molecule is C#CCN(C/C=C/CCCCCC)S(=O)(=O)c1ccccc1. The summed E-state index contributed by atoms with van der Waals surface area (Å²) in [4.78, 5) is 0.279. The molecule has 0 N–H and O–H groups in total. The monoisotopic (exact) mass is 319 g/mol. The zero-order chi connectivity index (χ0) is 16.3. The molecule has 0 saturated carbocycles. The van der Waals surface area contributed by atoms with Gasteiger partial charge in [0.25, 0.3) is 0 Å². The quantitative estimate of drug-likeness (QED) is 0.373. The Balaban J connectivity index is 2.62. The van der Waals surface area contributed by atoms with Crippen LogP contribution < -0.4 is 0 Å². The van der Waals surface area contributed by atoms with Crippen LogP contribution in [-0.2, 0) is 10.0 Å². The van der Waals surface area contributed by atoms with Crippen molar-refractivity contribution in [3.05, 3.63) is 42.5 Å². The first kappa shape index (κ1) is 18.5. The summed E-state index contributed by atoms with van der Waals surface area (Å²) < 4.78 is 26.4. The lowest BCUT2D eigenvalue weighted by atomic mass is 10.1. The van der Waals surface area contributed by atoms with E-state index in [4.69, 9.17) is 6.42 Å². The third-order valence-corrected chi connectivity index (χ3v) is 5.17. The number of allylic oxidation sites excluding steroid dienone is 1. The molecule has 4 heteroatoms. The van der Waals surface area contributed by atoms with E-state index < -0.39 is 10.0 Å². The largest absolute Gasteiger partial charge is 0.244 e. The lowest BCUT2D eigenvalue weighted by Gasteiger charge is -2.18. The average Bonchev–Trinajstić information content (AvgIpc) is 2.53. The zero-order valence-corrected chi connectivity index (χ0v) is 14.1. The number of unbranched alkanes of at least 4 members (excludes halogenated alkanes) is 4. The molecule has 0 aliphatic heterocycles. The molecule has 0 amide bonds. The van der Waals surface area contributed by atoms with Crippen molar-refractivity contribution in [2.75, 3.05) is 13.1 Å². The molecule has 0 unspecified atom stereocenters. The molecule has 0 aliphatic rings. The van der Waals surface area contributed by atoms with Gasteiger partial charge in [0.05, 0.1) is 11.4 Å². The molecular weight excluding hydrogens is 294 g/mol.